The number of sulfonamides is 1. The Hall–Kier alpha value is -0.410. The van der Waals surface area contributed by atoms with Crippen molar-refractivity contribution in [3.8, 4) is 0 Å². The van der Waals surface area contributed by atoms with Crippen LogP contribution in [0.25, 0.3) is 0 Å². The summed E-state index contributed by atoms with van der Waals surface area (Å²) in [6, 6.07) is -0.525. The minimum Gasteiger partial charge on any atom is -0.353 e. The first-order valence-electron chi connectivity index (χ1n) is 8.75. The van der Waals surface area contributed by atoms with E-state index in [1.807, 2.05) is 6.92 Å². The lowest BCUT2D eigenvalue weighted by Crippen LogP contribution is -2.53. The van der Waals surface area contributed by atoms with Crippen molar-refractivity contribution in [1.82, 2.24) is 19.8 Å². The Kier molecular flexibility index (Phi) is 9.51. The average molecular weight is 383 g/mol. The van der Waals surface area contributed by atoms with E-state index in [4.69, 9.17) is 0 Å². The Balaban J connectivity index is 0.00000288. The van der Waals surface area contributed by atoms with Crippen LogP contribution in [-0.2, 0) is 14.8 Å². The number of halogens is 1. The predicted octanol–water partition coefficient (Wildman–Crippen LogP) is 0.0239. The largest absolute Gasteiger partial charge is 0.353 e. The summed E-state index contributed by atoms with van der Waals surface area (Å²) >= 11 is 0. The van der Waals surface area contributed by atoms with E-state index in [2.05, 4.69) is 15.5 Å². The number of rotatable bonds is 7. The maximum atomic E-state index is 12.5. The summed E-state index contributed by atoms with van der Waals surface area (Å²) < 4.78 is 26.1. The highest BCUT2D eigenvalue weighted by molar-refractivity contribution is 7.89. The van der Waals surface area contributed by atoms with Gasteiger partial charge >= 0.3 is 0 Å². The Morgan fingerprint density at radius 1 is 1.21 bits per heavy atom. The molecule has 2 rings (SSSR count). The number of piperazine rings is 1. The van der Waals surface area contributed by atoms with Gasteiger partial charge in [-0.2, -0.15) is 4.31 Å². The van der Waals surface area contributed by atoms with E-state index in [0.717, 1.165) is 45.6 Å². The number of carbonyl (C=O) groups excluding carboxylic acids is 1. The van der Waals surface area contributed by atoms with Gasteiger partial charge in [-0.05, 0) is 19.3 Å². The van der Waals surface area contributed by atoms with Crippen molar-refractivity contribution in [2.75, 3.05) is 51.6 Å². The molecule has 2 N–H and O–H groups in total. The summed E-state index contributed by atoms with van der Waals surface area (Å²) in [5.74, 6) is -0.0168. The zero-order chi connectivity index (χ0) is 16.7. The maximum Gasteiger partial charge on any atom is 0.238 e. The van der Waals surface area contributed by atoms with Crippen LogP contribution >= 0.6 is 12.4 Å². The summed E-state index contributed by atoms with van der Waals surface area (Å²) in [4.78, 5) is 14.8. The smallest absolute Gasteiger partial charge is 0.238 e. The zero-order valence-electron chi connectivity index (χ0n) is 14.5. The molecule has 0 aromatic rings. The third-order valence-electron chi connectivity index (χ3n) is 4.51. The number of piperidine rings is 1. The molecule has 142 valence electrons. The van der Waals surface area contributed by atoms with Gasteiger partial charge in [0.15, 0.2) is 0 Å². The van der Waals surface area contributed by atoms with Crippen LogP contribution in [0.4, 0.5) is 0 Å². The topological polar surface area (TPSA) is 81.8 Å². The molecule has 0 aromatic heterocycles. The molecule has 1 atom stereocenters. The third kappa shape index (κ3) is 6.15. The molecule has 0 saturated carbocycles. The van der Waals surface area contributed by atoms with Crippen LogP contribution in [0.3, 0.4) is 0 Å². The summed E-state index contributed by atoms with van der Waals surface area (Å²) in [5.41, 5.74) is 0. The number of hydrogen-bond acceptors (Lipinski definition) is 5. The molecule has 0 bridgehead atoms. The van der Waals surface area contributed by atoms with Crippen molar-refractivity contribution in [2.24, 2.45) is 0 Å². The Bertz CT molecular complexity index is 483. The normalized spacial score (nSPS) is 23.5. The molecule has 7 nitrogen and oxygen atoms in total. The molecule has 9 heteroatoms. The molecule has 2 fully saturated rings. The van der Waals surface area contributed by atoms with E-state index in [9.17, 15) is 13.2 Å². The molecule has 2 heterocycles. The Morgan fingerprint density at radius 2 is 1.92 bits per heavy atom. The second kappa shape index (κ2) is 10.6. The lowest BCUT2D eigenvalue weighted by atomic mass is 10.0. The van der Waals surface area contributed by atoms with Gasteiger partial charge in [-0.3, -0.25) is 9.69 Å². The SMILES string of the molecule is CCCS(=O)(=O)N1CCCCC1C(=O)NCCN1CCNCC1.Cl. The number of amides is 1. The number of carbonyl (C=O) groups is 1. The van der Waals surface area contributed by atoms with Crippen LogP contribution in [0.1, 0.15) is 32.6 Å². The lowest BCUT2D eigenvalue weighted by Gasteiger charge is -2.34. The Morgan fingerprint density at radius 3 is 2.58 bits per heavy atom. The number of nitrogens with one attached hydrogen (secondary N) is 2. The molecule has 2 aliphatic rings. The van der Waals surface area contributed by atoms with Crippen LogP contribution < -0.4 is 10.6 Å². The quantitative estimate of drug-likeness (QED) is 0.649. The zero-order valence-corrected chi connectivity index (χ0v) is 16.1. The van der Waals surface area contributed by atoms with Crippen molar-refractivity contribution in [1.29, 1.82) is 0 Å². The van der Waals surface area contributed by atoms with Gasteiger partial charge in [-0.1, -0.05) is 13.3 Å². The minimum atomic E-state index is -3.32. The average Bonchev–Trinajstić information content (AvgIpc) is 2.56. The van der Waals surface area contributed by atoms with Crippen molar-refractivity contribution in [3.05, 3.63) is 0 Å². The molecular formula is C15H31ClN4O3S. The molecular weight excluding hydrogens is 352 g/mol. The second-order valence-corrected chi connectivity index (χ2v) is 8.36. The number of nitrogens with zero attached hydrogens (tertiary/aromatic N) is 2. The van der Waals surface area contributed by atoms with Gasteiger partial charge < -0.3 is 10.6 Å². The third-order valence-corrected chi connectivity index (χ3v) is 6.59. The van der Waals surface area contributed by atoms with E-state index in [-0.39, 0.29) is 24.1 Å². The van der Waals surface area contributed by atoms with Gasteiger partial charge in [-0.15, -0.1) is 12.4 Å². The van der Waals surface area contributed by atoms with E-state index in [1.54, 1.807) is 0 Å². The van der Waals surface area contributed by atoms with Gasteiger partial charge in [0.05, 0.1) is 5.75 Å². The lowest BCUT2D eigenvalue weighted by molar-refractivity contribution is -0.125. The van der Waals surface area contributed by atoms with Crippen LogP contribution in [0, 0.1) is 0 Å². The molecule has 0 radical (unpaired) electrons. The molecule has 1 unspecified atom stereocenters. The highest BCUT2D eigenvalue weighted by Crippen LogP contribution is 2.21. The van der Waals surface area contributed by atoms with Crippen molar-refractivity contribution >= 4 is 28.3 Å². The number of hydrogen-bond donors (Lipinski definition) is 2. The molecule has 2 saturated heterocycles. The van der Waals surface area contributed by atoms with Gasteiger partial charge in [0.25, 0.3) is 0 Å². The molecule has 0 aliphatic carbocycles. The van der Waals surface area contributed by atoms with Gasteiger partial charge in [-0.25, -0.2) is 8.42 Å². The van der Waals surface area contributed by atoms with E-state index in [0.29, 0.717) is 25.9 Å². The van der Waals surface area contributed by atoms with E-state index in [1.165, 1.54) is 4.31 Å². The van der Waals surface area contributed by atoms with Crippen LogP contribution in [-0.4, -0.2) is 81.1 Å². The predicted molar refractivity (Wildman–Crippen MR) is 98.0 cm³/mol. The van der Waals surface area contributed by atoms with Crippen LogP contribution in [0.5, 0.6) is 0 Å². The van der Waals surface area contributed by atoms with Crippen LogP contribution in [0.15, 0.2) is 0 Å². The first-order chi connectivity index (χ1) is 11.0. The highest BCUT2D eigenvalue weighted by Gasteiger charge is 2.35. The molecule has 0 aromatic carbocycles. The van der Waals surface area contributed by atoms with Crippen molar-refractivity contribution in [3.63, 3.8) is 0 Å². The monoisotopic (exact) mass is 382 g/mol. The first-order valence-corrected chi connectivity index (χ1v) is 10.4. The summed E-state index contributed by atoms with van der Waals surface area (Å²) in [6.45, 7) is 7.69. The van der Waals surface area contributed by atoms with Crippen molar-refractivity contribution < 1.29 is 13.2 Å². The maximum absolute atomic E-state index is 12.5. The molecule has 0 spiro atoms. The summed E-state index contributed by atoms with van der Waals surface area (Å²) in [5, 5.41) is 6.23. The second-order valence-electron chi connectivity index (χ2n) is 6.32. The standard InChI is InChI=1S/C15H30N4O3S.ClH/c1-2-13-23(21,22)19-9-4-3-5-14(19)15(20)17-8-12-18-10-6-16-7-11-18;/h14,16H,2-13H2,1H3,(H,17,20);1H. The van der Waals surface area contributed by atoms with E-state index < -0.39 is 16.1 Å². The summed E-state index contributed by atoms with van der Waals surface area (Å²) in [7, 11) is -3.32. The molecule has 2 aliphatic heterocycles. The van der Waals surface area contributed by atoms with Gasteiger partial charge in [0.1, 0.15) is 6.04 Å². The van der Waals surface area contributed by atoms with Gasteiger partial charge in [0, 0.05) is 45.8 Å². The summed E-state index contributed by atoms with van der Waals surface area (Å²) in [6.07, 6.45) is 2.96. The fraction of sp³-hybridized carbons (Fsp3) is 0.933. The fourth-order valence-corrected chi connectivity index (χ4v) is 5.01. The highest BCUT2D eigenvalue weighted by atomic mass is 35.5. The molecule has 24 heavy (non-hydrogen) atoms. The first kappa shape index (κ1) is 21.6. The van der Waals surface area contributed by atoms with Crippen molar-refractivity contribution in [2.45, 2.75) is 38.6 Å². The molecule has 1 amide bonds. The van der Waals surface area contributed by atoms with Gasteiger partial charge in [0.2, 0.25) is 15.9 Å². The minimum absolute atomic E-state index is 0. The Labute approximate surface area is 152 Å². The van der Waals surface area contributed by atoms with Crippen LogP contribution in [0.2, 0.25) is 0 Å². The van der Waals surface area contributed by atoms with E-state index >= 15 is 0 Å². The fourth-order valence-electron chi connectivity index (χ4n) is 3.26.